The van der Waals surface area contributed by atoms with E-state index in [1.54, 1.807) is 13.8 Å². The molecule has 0 aliphatic rings. The van der Waals surface area contributed by atoms with Crippen LogP contribution in [0.1, 0.15) is 50.4 Å². The number of hydrogen-bond donors (Lipinski definition) is 7. The number of nitrogens with two attached hydrogens (primary N) is 2. The Hall–Kier alpha value is -4.40. The molecule has 0 aliphatic heterocycles. The molecule has 0 heterocycles. The molecule has 0 fully saturated rings. The number of nitrogens with one attached hydrogen (secondary N) is 5. The summed E-state index contributed by atoms with van der Waals surface area (Å²) >= 11 is 0. The lowest BCUT2D eigenvalue weighted by molar-refractivity contribution is -0.131. The molecule has 0 saturated carbocycles. The number of methoxy groups -OCH3 is 1. The van der Waals surface area contributed by atoms with E-state index in [2.05, 4.69) is 26.6 Å². The minimum atomic E-state index is -1.06. The van der Waals surface area contributed by atoms with Crippen molar-refractivity contribution in [3.8, 4) is 5.75 Å². The quantitative estimate of drug-likeness (QED) is 0.0916. The first-order valence-electron chi connectivity index (χ1n) is 13.1. The van der Waals surface area contributed by atoms with Crippen molar-refractivity contribution in [2.24, 2.45) is 17.4 Å². The molecule has 15 heteroatoms. The van der Waals surface area contributed by atoms with E-state index in [1.165, 1.54) is 32.2 Å². The molecule has 1 aromatic rings. The van der Waals surface area contributed by atoms with E-state index in [1.807, 2.05) is 0 Å². The summed E-state index contributed by atoms with van der Waals surface area (Å²) in [5.41, 5.74) is 10.7. The third kappa shape index (κ3) is 13.0. The standard InChI is InChI=1S/C26H41N7O8/c1-15(2)22(31-16(3)34)24(37)33-19(7-5-11-30-26(28)39)23(36)32-17-8-9-18(25(38)40-4)20(13-17)41-14-21(35)29-12-6-10-27/h8-9,13,15,19,22H,5-7,10-12,14,27H2,1-4H3,(H,29,35)(H,31,34)(H,32,36)(H,33,37)(H3,28,30,39)/t19-,22?/m0/s1. The van der Waals surface area contributed by atoms with Gasteiger partial charge in [-0.1, -0.05) is 13.8 Å². The van der Waals surface area contributed by atoms with Gasteiger partial charge in [0.15, 0.2) is 6.61 Å². The SMILES string of the molecule is COC(=O)c1ccc(NC(=O)[C@H](CCCNC(N)=O)NC(=O)C(NC(C)=O)C(C)C)cc1OCC(=O)NCCCN. The van der Waals surface area contributed by atoms with Gasteiger partial charge in [-0.3, -0.25) is 19.2 Å². The van der Waals surface area contributed by atoms with E-state index < -0.39 is 54.3 Å². The van der Waals surface area contributed by atoms with Gasteiger partial charge in [0, 0.05) is 31.8 Å². The molecule has 1 unspecified atom stereocenters. The molecular formula is C26H41N7O8. The van der Waals surface area contributed by atoms with Gasteiger partial charge in [-0.15, -0.1) is 0 Å². The highest BCUT2D eigenvalue weighted by molar-refractivity contribution is 5.99. The molecule has 0 spiro atoms. The smallest absolute Gasteiger partial charge is 0.341 e. The van der Waals surface area contributed by atoms with Crippen molar-refractivity contribution in [2.45, 2.75) is 52.1 Å². The van der Waals surface area contributed by atoms with Crippen LogP contribution in [0.2, 0.25) is 0 Å². The van der Waals surface area contributed by atoms with Crippen molar-refractivity contribution >= 4 is 41.3 Å². The van der Waals surface area contributed by atoms with Crippen LogP contribution in [-0.2, 0) is 23.9 Å². The summed E-state index contributed by atoms with van der Waals surface area (Å²) in [5, 5.41) is 12.9. The molecule has 15 nitrogen and oxygen atoms in total. The molecule has 6 amide bonds. The lowest BCUT2D eigenvalue weighted by atomic mass is 10.0. The Balaban J connectivity index is 3.13. The van der Waals surface area contributed by atoms with E-state index in [4.69, 9.17) is 20.9 Å². The Morgan fingerprint density at radius 1 is 0.951 bits per heavy atom. The van der Waals surface area contributed by atoms with Gasteiger partial charge in [0.25, 0.3) is 5.91 Å². The van der Waals surface area contributed by atoms with Crippen LogP contribution in [0.4, 0.5) is 10.5 Å². The second kappa shape index (κ2) is 18.0. The van der Waals surface area contributed by atoms with Gasteiger partial charge in [-0.2, -0.15) is 0 Å². The van der Waals surface area contributed by atoms with Crippen molar-refractivity contribution in [2.75, 3.05) is 38.7 Å². The molecule has 228 valence electrons. The summed E-state index contributed by atoms with van der Waals surface area (Å²) in [6.07, 6.45) is 0.998. The molecule has 0 saturated heterocycles. The fraction of sp³-hybridized carbons (Fsp3) is 0.538. The highest BCUT2D eigenvalue weighted by Gasteiger charge is 2.28. The van der Waals surface area contributed by atoms with Crippen LogP contribution >= 0.6 is 0 Å². The van der Waals surface area contributed by atoms with Gasteiger partial charge >= 0.3 is 12.0 Å². The Labute approximate surface area is 238 Å². The average molecular weight is 580 g/mol. The number of carbonyl (C=O) groups is 6. The molecule has 0 bridgehead atoms. The zero-order valence-corrected chi connectivity index (χ0v) is 23.8. The van der Waals surface area contributed by atoms with Gasteiger partial charge in [-0.25, -0.2) is 9.59 Å². The maximum Gasteiger partial charge on any atom is 0.341 e. The fourth-order valence-electron chi connectivity index (χ4n) is 3.55. The number of rotatable bonds is 17. The van der Waals surface area contributed by atoms with E-state index in [9.17, 15) is 28.8 Å². The predicted octanol–water partition coefficient (Wildman–Crippen LogP) is -0.650. The largest absolute Gasteiger partial charge is 0.483 e. The van der Waals surface area contributed by atoms with Crippen molar-refractivity contribution in [1.82, 2.24) is 21.3 Å². The second-order valence-electron chi connectivity index (χ2n) is 9.39. The third-order valence-electron chi connectivity index (χ3n) is 5.63. The van der Waals surface area contributed by atoms with Crippen molar-refractivity contribution in [1.29, 1.82) is 0 Å². The minimum absolute atomic E-state index is 0.0135. The highest BCUT2D eigenvalue weighted by Crippen LogP contribution is 2.25. The van der Waals surface area contributed by atoms with Gasteiger partial charge in [-0.05, 0) is 43.9 Å². The molecule has 1 aromatic carbocycles. The van der Waals surface area contributed by atoms with Crippen LogP contribution in [0.5, 0.6) is 5.75 Å². The number of anilines is 1. The Bertz CT molecular complexity index is 1080. The monoisotopic (exact) mass is 579 g/mol. The second-order valence-corrected chi connectivity index (χ2v) is 9.39. The third-order valence-corrected chi connectivity index (χ3v) is 5.63. The van der Waals surface area contributed by atoms with E-state index in [0.29, 0.717) is 25.9 Å². The first-order chi connectivity index (χ1) is 19.4. The Kier molecular flexibility index (Phi) is 15.2. The Morgan fingerprint density at radius 3 is 2.22 bits per heavy atom. The molecule has 0 aliphatic carbocycles. The number of ether oxygens (including phenoxy) is 2. The predicted molar refractivity (Wildman–Crippen MR) is 150 cm³/mol. The van der Waals surface area contributed by atoms with Gasteiger partial charge in [0.05, 0.1) is 7.11 Å². The first kappa shape index (κ1) is 34.6. The number of carbonyl (C=O) groups excluding carboxylic acids is 6. The molecular weight excluding hydrogens is 538 g/mol. The molecule has 0 radical (unpaired) electrons. The number of esters is 1. The van der Waals surface area contributed by atoms with Crippen molar-refractivity contribution in [3.63, 3.8) is 0 Å². The van der Waals surface area contributed by atoms with Crippen molar-refractivity contribution in [3.05, 3.63) is 23.8 Å². The van der Waals surface area contributed by atoms with Gasteiger partial charge in [0.2, 0.25) is 17.7 Å². The number of amides is 6. The summed E-state index contributed by atoms with van der Waals surface area (Å²) in [6.45, 7) is 5.29. The first-order valence-corrected chi connectivity index (χ1v) is 13.1. The maximum absolute atomic E-state index is 13.3. The van der Waals surface area contributed by atoms with E-state index in [0.717, 1.165) is 0 Å². The van der Waals surface area contributed by atoms with E-state index in [-0.39, 0.29) is 35.9 Å². The molecule has 9 N–H and O–H groups in total. The van der Waals surface area contributed by atoms with Crippen LogP contribution < -0.4 is 42.8 Å². The van der Waals surface area contributed by atoms with Crippen LogP contribution in [0.25, 0.3) is 0 Å². The minimum Gasteiger partial charge on any atom is -0.483 e. The number of urea groups is 1. The van der Waals surface area contributed by atoms with Gasteiger partial charge < -0.3 is 47.5 Å². The number of benzene rings is 1. The number of hydrogen-bond acceptors (Lipinski definition) is 9. The Morgan fingerprint density at radius 2 is 1.63 bits per heavy atom. The molecule has 41 heavy (non-hydrogen) atoms. The summed E-state index contributed by atoms with van der Waals surface area (Å²) in [5.74, 6) is -3.02. The van der Waals surface area contributed by atoms with Crippen LogP contribution in [0.15, 0.2) is 18.2 Å². The summed E-state index contributed by atoms with van der Waals surface area (Å²) < 4.78 is 10.3. The summed E-state index contributed by atoms with van der Waals surface area (Å²) in [4.78, 5) is 73.1. The summed E-state index contributed by atoms with van der Waals surface area (Å²) in [7, 11) is 1.19. The highest BCUT2D eigenvalue weighted by atomic mass is 16.5. The van der Waals surface area contributed by atoms with E-state index >= 15 is 0 Å². The maximum atomic E-state index is 13.3. The molecule has 0 aromatic heterocycles. The zero-order valence-electron chi connectivity index (χ0n) is 23.8. The van der Waals surface area contributed by atoms with Crippen LogP contribution in [0.3, 0.4) is 0 Å². The van der Waals surface area contributed by atoms with Crippen molar-refractivity contribution < 1.29 is 38.2 Å². The number of primary amides is 1. The average Bonchev–Trinajstić information content (AvgIpc) is 2.91. The molecule has 1 rings (SSSR count). The molecule has 2 atom stereocenters. The fourth-order valence-corrected chi connectivity index (χ4v) is 3.55. The lowest BCUT2D eigenvalue weighted by Gasteiger charge is -2.25. The topological polar surface area (TPSA) is 233 Å². The summed E-state index contributed by atoms with van der Waals surface area (Å²) in [6, 6.07) is 1.46. The normalized spacial score (nSPS) is 12.0. The lowest BCUT2D eigenvalue weighted by Crippen LogP contribution is -2.54. The van der Waals surface area contributed by atoms with Crippen LogP contribution in [0, 0.1) is 5.92 Å². The zero-order chi connectivity index (χ0) is 30.9. The van der Waals surface area contributed by atoms with Gasteiger partial charge in [0.1, 0.15) is 23.4 Å². The van der Waals surface area contributed by atoms with Crippen LogP contribution in [-0.4, -0.2) is 81.1 Å².